The monoisotopic (exact) mass is 292 g/mol. The number of halogens is 1. The van der Waals surface area contributed by atoms with E-state index < -0.39 is 6.04 Å². The van der Waals surface area contributed by atoms with Crippen LogP contribution in [0.1, 0.15) is 19.0 Å². The minimum atomic E-state index is -0.397. The molecule has 0 aliphatic heterocycles. The van der Waals surface area contributed by atoms with E-state index >= 15 is 0 Å². The first-order chi connectivity index (χ1) is 9.52. The van der Waals surface area contributed by atoms with E-state index in [4.69, 9.17) is 17.3 Å². The number of benzene rings is 1. The number of rotatable bonds is 5. The first-order valence-corrected chi connectivity index (χ1v) is 6.77. The molecule has 2 aromatic rings. The number of anilines is 1. The van der Waals surface area contributed by atoms with Gasteiger partial charge in [0.05, 0.1) is 23.3 Å². The second kappa shape index (κ2) is 5.96. The molecule has 0 saturated carbocycles. The molecular formula is C14H17ClN4O. The van der Waals surface area contributed by atoms with Crippen molar-refractivity contribution in [3.63, 3.8) is 0 Å². The zero-order valence-corrected chi connectivity index (χ0v) is 12.2. The maximum atomic E-state index is 11.3. The zero-order valence-electron chi connectivity index (χ0n) is 11.4. The predicted molar refractivity (Wildman–Crippen MR) is 80.2 cm³/mol. The summed E-state index contributed by atoms with van der Waals surface area (Å²) >= 11 is 5.98. The number of amides is 1. The summed E-state index contributed by atoms with van der Waals surface area (Å²) < 4.78 is 1.77. The third-order valence-corrected chi connectivity index (χ3v) is 3.38. The first kappa shape index (κ1) is 14.4. The van der Waals surface area contributed by atoms with Gasteiger partial charge in [0.1, 0.15) is 6.04 Å². The van der Waals surface area contributed by atoms with Crippen molar-refractivity contribution >= 4 is 23.2 Å². The van der Waals surface area contributed by atoms with Crippen molar-refractivity contribution in [2.24, 2.45) is 5.73 Å². The van der Waals surface area contributed by atoms with Gasteiger partial charge in [-0.05, 0) is 31.5 Å². The topological polar surface area (TPSA) is 72.9 Å². The van der Waals surface area contributed by atoms with Gasteiger partial charge in [0.25, 0.3) is 0 Å². The van der Waals surface area contributed by atoms with E-state index in [1.807, 2.05) is 38.1 Å². The minimum absolute atomic E-state index is 0.373. The summed E-state index contributed by atoms with van der Waals surface area (Å²) in [6, 6.07) is 7.02. The Morgan fingerprint density at radius 3 is 2.90 bits per heavy atom. The van der Waals surface area contributed by atoms with Crippen molar-refractivity contribution in [2.45, 2.75) is 26.3 Å². The number of hydrogen-bond donors (Lipinski definition) is 2. The highest BCUT2D eigenvalue weighted by Gasteiger charge is 2.16. The van der Waals surface area contributed by atoms with Crippen LogP contribution in [0.25, 0.3) is 5.69 Å². The molecule has 1 atom stereocenters. The molecule has 1 heterocycles. The number of primary amides is 1. The normalized spacial score (nSPS) is 12.2. The first-order valence-electron chi connectivity index (χ1n) is 6.39. The van der Waals surface area contributed by atoms with Crippen LogP contribution >= 0.6 is 11.6 Å². The van der Waals surface area contributed by atoms with Crippen LogP contribution in [0.4, 0.5) is 5.69 Å². The van der Waals surface area contributed by atoms with Gasteiger partial charge in [-0.2, -0.15) is 5.10 Å². The van der Waals surface area contributed by atoms with E-state index in [0.29, 0.717) is 11.4 Å². The fourth-order valence-electron chi connectivity index (χ4n) is 1.98. The van der Waals surface area contributed by atoms with Crippen LogP contribution in [0.5, 0.6) is 0 Å². The van der Waals surface area contributed by atoms with Crippen molar-refractivity contribution in [2.75, 3.05) is 5.32 Å². The van der Waals surface area contributed by atoms with Crippen LogP contribution < -0.4 is 11.1 Å². The van der Waals surface area contributed by atoms with Crippen LogP contribution in [-0.2, 0) is 4.79 Å². The Bertz CT molecular complexity index is 623. The number of nitrogens with zero attached hydrogens (tertiary/aromatic N) is 2. The molecule has 0 aliphatic carbocycles. The second-order valence-corrected chi connectivity index (χ2v) is 4.98. The number of carbonyl (C=O) groups is 1. The van der Waals surface area contributed by atoms with Crippen LogP contribution in [0, 0.1) is 6.92 Å². The van der Waals surface area contributed by atoms with E-state index in [-0.39, 0.29) is 5.91 Å². The fourth-order valence-corrected chi connectivity index (χ4v) is 2.17. The predicted octanol–water partition coefficient (Wildman–Crippen LogP) is 2.51. The Morgan fingerprint density at radius 2 is 2.30 bits per heavy atom. The van der Waals surface area contributed by atoms with Gasteiger partial charge >= 0.3 is 0 Å². The summed E-state index contributed by atoms with van der Waals surface area (Å²) in [4.78, 5) is 11.3. The third-order valence-electron chi connectivity index (χ3n) is 3.14. The molecule has 1 amide bonds. The van der Waals surface area contributed by atoms with E-state index in [0.717, 1.165) is 17.1 Å². The van der Waals surface area contributed by atoms with Crippen molar-refractivity contribution in [3.05, 3.63) is 41.2 Å². The molecule has 1 aromatic heterocycles. The Kier molecular flexibility index (Phi) is 4.29. The van der Waals surface area contributed by atoms with Gasteiger partial charge < -0.3 is 11.1 Å². The lowest BCUT2D eigenvalue weighted by atomic mass is 10.2. The second-order valence-electron chi connectivity index (χ2n) is 4.54. The number of hydrogen-bond acceptors (Lipinski definition) is 3. The molecule has 0 radical (unpaired) electrons. The number of aromatic nitrogens is 2. The van der Waals surface area contributed by atoms with E-state index in [9.17, 15) is 4.79 Å². The Labute approximate surface area is 122 Å². The van der Waals surface area contributed by atoms with Gasteiger partial charge in [-0.1, -0.05) is 24.6 Å². The lowest BCUT2D eigenvalue weighted by molar-refractivity contribution is -0.118. The van der Waals surface area contributed by atoms with Crippen LogP contribution in [0.15, 0.2) is 30.5 Å². The van der Waals surface area contributed by atoms with Gasteiger partial charge in [-0.15, -0.1) is 0 Å². The molecule has 2 rings (SSSR count). The number of carbonyl (C=O) groups excluding carboxylic acids is 1. The van der Waals surface area contributed by atoms with Crippen LogP contribution in [0.2, 0.25) is 5.02 Å². The molecule has 5 nitrogen and oxygen atoms in total. The molecule has 0 unspecified atom stereocenters. The van der Waals surface area contributed by atoms with Crippen LogP contribution in [0.3, 0.4) is 0 Å². The molecule has 6 heteroatoms. The number of nitrogens with two attached hydrogens (primary N) is 1. The lowest BCUT2D eigenvalue weighted by Crippen LogP contribution is -2.34. The molecule has 0 fully saturated rings. The van der Waals surface area contributed by atoms with E-state index in [2.05, 4.69) is 10.4 Å². The standard InChI is InChI=1S/C14H17ClN4O/c1-3-12(14(16)20)18-13-8-17-19(9(13)2)11-6-4-5-10(15)7-11/h4-8,12,18H,3H2,1-2H3,(H2,16,20)/t12-/m1/s1. The molecule has 20 heavy (non-hydrogen) atoms. The number of nitrogens with one attached hydrogen (secondary N) is 1. The van der Waals surface area contributed by atoms with Gasteiger partial charge in [-0.25, -0.2) is 4.68 Å². The summed E-state index contributed by atoms with van der Waals surface area (Å²) in [7, 11) is 0. The largest absolute Gasteiger partial charge is 0.371 e. The Hall–Kier alpha value is -2.01. The molecule has 1 aromatic carbocycles. The van der Waals surface area contributed by atoms with Crippen molar-refractivity contribution in [3.8, 4) is 5.69 Å². The Balaban J connectivity index is 2.29. The average Bonchev–Trinajstić information content (AvgIpc) is 2.77. The summed E-state index contributed by atoms with van der Waals surface area (Å²) in [6.07, 6.45) is 2.30. The molecule has 0 aliphatic rings. The highest BCUT2D eigenvalue weighted by Crippen LogP contribution is 2.21. The summed E-state index contributed by atoms with van der Waals surface area (Å²) in [5.41, 5.74) is 7.89. The molecule has 0 spiro atoms. The van der Waals surface area contributed by atoms with Crippen molar-refractivity contribution < 1.29 is 4.79 Å². The molecule has 0 bridgehead atoms. The van der Waals surface area contributed by atoms with Gasteiger partial charge in [-0.3, -0.25) is 4.79 Å². The van der Waals surface area contributed by atoms with Crippen molar-refractivity contribution in [1.82, 2.24) is 9.78 Å². The van der Waals surface area contributed by atoms with Crippen molar-refractivity contribution in [1.29, 1.82) is 0 Å². The van der Waals surface area contributed by atoms with E-state index in [1.54, 1.807) is 10.9 Å². The van der Waals surface area contributed by atoms with E-state index in [1.165, 1.54) is 0 Å². The third kappa shape index (κ3) is 2.93. The maximum Gasteiger partial charge on any atom is 0.239 e. The lowest BCUT2D eigenvalue weighted by Gasteiger charge is -2.14. The molecule has 106 valence electrons. The highest BCUT2D eigenvalue weighted by atomic mass is 35.5. The highest BCUT2D eigenvalue weighted by molar-refractivity contribution is 6.30. The smallest absolute Gasteiger partial charge is 0.239 e. The zero-order chi connectivity index (χ0) is 14.7. The SMILES string of the molecule is CC[C@@H](Nc1cnn(-c2cccc(Cl)c2)c1C)C(N)=O. The van der Waals surface area contributed by atoms with Crippen LogP contribution in [-0.4, -0.2) is 21.7 Å². The molecule has 3 N–H and O–H groups in total. The Morgan fingerprint density at radius 1 is 1.55 bits per heavy atom. The molecule has 0 saturated heterocycles. The summed E-state index contributed by atoms with van der Waals surface area (Å²) in [5, 5.41) is 8.08. The molecular weight excluding hydrogens is 276 g/mol. The summed E-state index contributed by atoms with van der Waals surface area (Å²) in [5.74, 6) is -0.373. The fraction of sp³-hybridized carbons (Fsp3) is 0.286. The summed E-state index contributed by atoms with van der Waals surface area (Å²) in [6.45, 7) is 3.82. The van der Waals surface area contributed by atoms with Gasteiger partial charge in [0.15, 0.2) is 0 Å². The quantitative estimate of drug-likeness (QED) is 0.889. The minimum Gasteiger partial charge on any atom is -0.371 e. The maximum absolute atomic E-state index is 11.3. The van der Waals surface area contributed by atoms with Gasteiger partial charge in [0.2, 0.25) is 5.91 Å². The van der Waals surface area contributed by atoms with Gasteiger partial charge in [0, 0.05) is 5.02 Å². The average molecular weight is 293 g/mol.